The summed E-state index contributed by atoms with van der Waals surface area (Å²) < 4.78 is 5.56. The minimum absolute atomic E-state index is 0.179. The van der Waals surface area contributed by atoms with Crippen LogP contribution in [-0.4, -0.2) is 30.5 Å². The van der Waals surface area contributed by atoms with Gasteiger partial charge >= 0.3 is 0 Å². The third-order valence-corrected chi connectivity index (χ3v) is 4.64. The fourth-order valence-corrected chi connectivity index (χ4v) is 3.48. The van der Waals surface area contributed by atoms with Crippen LogP contribution >= 0.6 is 0 Å². The van der Waals surface area contributed by atoms with Gasteiger partial charge in [0.1, 0.15) is 0 Å². The van der Waals surface area contributed by atoms with E-state index in [1.54, 1.807) is 0 Å². The number of rotatable bonds is 2. The molecule has 0 aromatic carbocycles. The molecular formula is C12H23NO2. The van der Waals surface area contributed by atoms with E-state index in [4.69, 9.17) is 10.5 Å². The Bertz CT molecular complexity index is 226. The van der Waals surface area contributed by atoms with Crippen LogP contribution in [0, 0.1) is 11.3 Å². The monoisotopic (exact) mass is 213 g/mol. The van der Waals surface area contributed by atoms with Crippen molar-refractivity contribution in [2.45, 2.75) is 44.6 Å². The number of aliphatic hydroxyl groups is 1. The maximum Gasteiger partial charge on any atom is 0.0763 e. The molecule has 2 rings (SSSR count). The molecule has 3 heteroatoms. The van der Waals surface area contributed by atoms with Crippen molar-refractivity contribution in [3.63, 3.8) is 0 Å². The van der Waals surface area contributed by atoms with Gasteiger partial charge in [-0.3, -0.25) is 0 Å². The van der Waals surface area contributed by atoms with Crippen LogP contribution in [-0.2, 0) is 4.74 Å². The molecule has 1 heterocycles. The molecule has 1 saturated heterocycles. The van der Waals surface area contributed by atoms with E-state index in [1.165, 1.54) is 0 Å². The standard InChI is InChI=1S/C12H23NO2/c1-10-4-2-6-12(10,14)11(8-13)5-3-7-15-9-11/h10,14H,2-9,13H2,1H3. The molecule has 0 amide bonds. The van der Waals surface area contributed by atoms with Gasteiger partial charge in [0, 0.05) is 18.6 Å². The zero-order valence-corrected chi connectivity index (χ0v) is 9.67. The highest BCUT2D eigenvalue weighted by atomic mass is 16.5. The van der Waals surface area contributed by atoms with Crippen molar-refractivity contribution in [2.24, 2.45) is 17.1 Å². The van der Waals surface area contributed by atoms with Crippen LogP contribution in [0.3, 0.4) is 0 Å². The summed E-state index contributed by atoms with van der Waals surface area (Å²) in [6.07, 6.45) is 5.20. The summed E-state index contributed by atoms with van der Waals surface area (Å²) in [5, 5.41) is 10.9. The predicted molar refractivity (Wildman–Crippen MR) is 59.5 cm³/mol. The molecule has 88 valence electrons. The molecule has 1 aliphatic carbocycles. The van der Waals surface area contributed by atoms with Gasteiger partial charge in [-0.15, -0.1) is 0 Å². The minimum Gasteiger partial charge on any atom is -0.389 e. The Morgan fingerprint density at radius 1 is 1.40 bits per heavy atom. The molecule has 0 spiro atoms. The van der Waals surface area contributed by atoms with E-state index in [2.05, 4.69) is 6.92 Å². The lowest BCUT2D eigenvalue weighted by Gasteiger charge is -2.49. The van der Waals surface area contributed by atoms with Crippen LogP contribution in [0.5, 0.6) is 0 Å². The lowest BCUT2D eigenvalue weighted by molar-refractivity contribution is -0.158. The normalized spacial score (nSPS) is 47.0. The van der Waals surface area contributed by atoms with Gasteiger partial charge in [-0.25, -0.2) is 0 Å². The molecule has 1 aliphatic heterocycles. The second kappa shape index (κ2) is 4.04. The van der Waals surface area contributed by atoms with E-state index < -0.39 is 5.60 Å². The first-order chi connectivity index (χ1) is 7.15. The molecule has 3 N–H and O–H groups in total. The number of hydrogen-bond donors (Lipinski definition) is 2. The molecule has 0 radical (unpaired) electrons. The topological polar surface area (TPSA) is 55.5 Å². The first kappa shape index (κ1) is 11.4. The Labute approximate surface area is 92.0 Å². The molecule has 15 heavy (non-hydrogen) atoms. The average molecular weight is 213 g/mol. The van der Waals surface area contributed by atoms with Gasteiger partial charge in [-0.1, -0.05) is 13.3 Å². The molecule has 3 nitrogen and oxygen atoms in total. The van der Waals surface area contributed by atoms with Crippen molar-refractivity contribution in [1.82, 2.24) is 0 Å². The van der Waals surface area contributed by atoms with E-state index in [-0.39, 0.29) is 5.41 Å². The van der Waals surface area contributed by atoms with E-state index in [9.17, 15) is 5.11 Å². The van der Waals surface area contributed by atoms with Crippen LogP contribution in [0.15, 0.2) is 0 Å². The molecule has 0 aromatic rings. The van der Waals surface area contributed by atoms with E-state index in [0.717, 1.165) is 38.7 Å². The average Bonchev–Trinajstić information content (AvgIpc) is 2.62. The summed E-state index contributed by atoms with van der Waals surface area (Å²) in [4.78, 5) is 0. The number of ether oxygens (including phenoxy) is 1. The Kier molecular flexibility index (Phi) is 3.06. The zero-order chi connectivity index (χ0) is 10.9. The molecule has 2 aliphatic rings. The van der Waals surface area contributed by atoms with Crippen LogP contribution in [0.4, 0.5) is 0 Å². The largest absolute Gasteiger partial charge is 0.389 e. The third-order valence-electron chi connectivity index (χ3n) is 4.64. The highest BCUT2D eigenvalue weighted by molar-refractivity contribution is 5.06. The molecule has 3 atom stereocenters. The van der Waals surface area contributed by atoms with Crippen LogP contribution in [0.1, 0.15) is 39.0 Å². The molecule has 0 bridgehead atoms. The van der Waals surface area contributed by atoms with Gasteiger partial charge in [-0.2, -0.15) is 0 Å². The summed E-state index contributed by atoms with van der Waals surface area (Å²) in [5.41, 5.74) is 5.16. The third kappa shape index (κ3) is 1.61. The van der Waals surface area contributed by atoms with Crippen molar-refractivity contribution in [3.05, 3.63) is 0 Å². The first-order valence-electron chi connectivity index (χ1n) is 6.15. The second-order valence-corrected chi connectivity index (χ2v) is 5.36. The minimum atomic E-state index is -0.581. The maximum atomic E-state index is 10.9. The van der Waals surface area contributed by atoms with Crippen LogP contribution in [0.25, 0.3) is 0 Å². The predicted octanol–water partition coefficient (Wildman–Crippen LogP) is 1.29. The van der Waals surface area contributed by atoms with Gasteiger partial charge < -0.3 is 15.6 Å². The van der Waals surface area contributed by atoms with Crippen molar-refractivity contribution in [1.29, 1.82) is 0 Å². The van der Waals surface area contributed by atoms with Gasteiger partial charge in [0.15, 0.2) is 0 Å². The lowest BCUT2D eigenvalue weighted by Crippen LogP contribution is -2.58. The van der Waals surface area contributed by atoms with Crippen LogP contribution in [0.2, 0.25) is 0 Å². The Morgan fingerprint density at radius 2 is 2.20 bits per heavy atom. The molecular weight excluding hydrogens is 190 g/mol. The van der Waals surface area contributed by atoms with Gasteiger partial charge in [-0.05, 0) is 31.6 Å². The summed E-state index contributed by atoms with van der Waals surface area (Å²) in [7, 11) is 0. The zero-order valence-electron chi connectivity index (χ0n) is 9.67. The van der Waals surface area contributed by atoms with Crippen molar-refractivity contribution >= 4 is 0 Å². The molecule has 1 saturated carbocycles. The Balaban J connectivity index is 2.23. The maximum absolute atomic E-state index is 10.9. The highest BCUT2D eigenvalue weighted by Crippen LogP contribution is 2.50. The summed E-state index contributed by atoms with van der Waals surface area (Å²) >= 11 is 0. The fourth-order valence-electron chi connectivity index (χ4n) is 3.48. The number of hydrogen-bond acceptors (Lipinski definition) is 3. The Hall–Kier alpha value is -0.120. The van der Waals surface area contributed by atoms with Gasteiger partial charge in [0.2, 0.25) is 0 Å². The smallest absolute Gasteiger partial charge is 0.0763 e. The van der Waals surface area contributed by atoms with Crippen LogP contribution < -0.4 is 5.73 Å². The number of nitrogens with two attached hydrogens (primary N) is 1. The van der Waals surface area contributed by atoms with Crippen molar-refractivity contribution < 1.29 is 9.84 Å². The molecule has 3 unspecified atom stereocenters. The fraction of sp³-hybridized carbons (Fsp3) is 1.00. The lowest BCUT2D eigenvalue weighted by atomic mass is 9.64. The second-order valence-electron chi connectivity index (χ2n) is 5.36. The summed E-state index contributed by atoms with van der Waals surface area (Å²) in [6, 6.07) is 0. The molecule has 2 fully saturated rings. The van der Waals surface area contributed by atoms with Gasteiger partial charge in [0.25, 0.3) is 0 Å². The highest BCUT2D eigenvalue weighted by Gasteiger charge is 2.55. The van der Waals surface area contributed by atoms with E-state index in [0.29, 0.717) is 19.1 Å². The van der Waals surface area contributed by atoms with Crippen molar-refractivity contribution in [3.8, 4) is 0 Å². The summed E-state index contributed by atoms with van der Waals surface area (Å²) in [6.45, 7) is 4.17. The SMILES string of the molecule is CC1CCCC1(O)C1(CN)CCCOC1. The van der Waals surface area contributed by atoms with E-state index in [1.807, 2.05) is 0 Å². The quantitative estimate of drug-likeness (QED) is 0.727. The first-order valence-corrected chi connectivity index (χ1v) is 6.15. The van der Waals surface area contributed by atoms with Crippen molar-refractivity contribution in [2.75, 3.05) is 19.8 Å². The summed E-state index contributed by atoms with van der Waals surface area (Å²) in [5.74, 6) is 0.364. The Morgan fingerprint density at radius 3 is 2.67 bits per heavy atom. The van der Waals surface area contributed by atoms with E-state index >= 15 is 0 Å². The molecule has 0 aromatic heterocycles. The van der Waals surface area contributed by atoms with Gasteiger partial charge in [0.05, 0.1) is 12.2 Å².